The van der Waals surface area contributed by atoms with Crippen molar-refractivity contribution >= 4 is 17.2 Å². The van der Waals surface area contributed by atoms with E-state index in [1.165, 1.54) is 0 Å². The average molecular weight is 197 g/mol. The van der Waals surface area contributed by atoms with Crippen LogP contribution in [0.1, 0.15) is 5.56 Å². The van der Waals surface area contributed by atoms with Crippen molar-refractivity contribution in [1.29, 1.82) is 0 Å². The second kappa shape index (κ2) is 3.89. The Kier molecular flexibility index (Phi) is 2.61. The van der Waals surface area contributed by atoms with Crippen molar-refractivity contribution in [3.63, 3.8) is 0 Å². The fourth-order valence-corrected chi connectivity index (χ4v) is 1.84. The van der Waals surface area contributed by atoms with Crippen molar-refractivity contribution in [3.8, 4) is 0 Å². The predicted octanol–water partition coefficient (Wildman–Crippen LogP) is 0.806. The molecule has 0 atom stereocenters. The molecule has 3 nitrogen and oxygen atoms in total. The molecular weight excluding hydrogens is 186 g/mol. The zero-order valence-electron chi connectivity index (χ0n) is 7.16. The molecule has 70 valence electrons. The molecule has 0 spiro atoms. The van der Waals surface area contributed by atoms with Gasteiger partial charge >= 0.3 is 0 Å². The highest BCUT2D eigenvalue weighted by atomic mass is 32.1. The lowest BCUT2D eigenvalue weighted by Gasteiger charge is -2.26. The number of amides is 1. The third-order valence-corrected chi connectivity index (χ3v) is 2.68. The van der Waals surface area contributed by atoms with Crippen LogP contribution in [0, 0.1) is 0 Å². The molecule has 1 aromatic heterocycles. The van der Waals surface area contributed by atoms with Crippen molar-refractivity contribution in [3.05, 3.63) is 22.4 Å². The number of carbonyl (C=O) groups is 1. The second-order valence-corrected chi connectivity index (χ2v) is 3.89. The monoisotopic (exact) mass is 197 g/mol. The molecule has 4 heteroatoms. The maximum absolute atomic E-state index is 11.4. The summed E-state index contributed by atoms with van der Waals surface area (Å²) in [5.74, 6) is 0.0895. The lowest BCUT2D eigenvalue weighted by Crippen LogP contribution is -2.49. The largest absolute Gasteiger partial charge is 0.377 e. The van der Waals surface area contributed by atoms with Gasteiger partial charge < -0.3 is 10.1 Å². The van der Waals surface area contributed by atoms with Crippen LogP contribution in [0.2, 0.25) is 0 Å². The number of nitrogens with one attached hydrogen (secondary N) is 1. The number of ether oxygens (including phenoxy) is 1. The molecule has 13 heavy (non-hydrogen) atoms. The van der Waals surface area contributed by atoms with Crippen LogP contribution in [0.15, 0.2) is 16.8 Å². The predicted molar refractivity (Wildman–Crippen MR) is 50.8 cm³/mol. The molecule has 2 rings (SSSR count). The highest BCUT2D eigenvalue weighted by Crippen LogP contribution is 2.07. The molecule has 1 amide bonds. The molecule has 1 aliphatic heterocycles. The van der Waals surface area contributed by atoms with Gasteiger partial charge in [-0.15, -0.1) is 0 Å². The normalized spacial score (nSPS) is 16.6. The molecule has 0 radical (unpaired) electrons. The number of rotatable bonds is 3. The van der Waals surface area contributed by atoms with Gasteiger partial charge in [-0.1, -0.05) is 0 Å². The highest BCUT2D eigenvalue weighted by molar-refractivity contribution is 7.07. The van der Waals surface area contributed by atoms with Gasteiger partial charge in [-0.2, -0.15) is 11.3 Å². The third-order valence-electron chi connectivity index (χ3n) is 1.95. The molecule has 0 saturated carbocycles. The van der Waals surface area contributed by atoms with E-state index in [1.807, 2.05) is 16.8 Å². The van der Waals surface area contributed by atoms with E-state index in [4.69, 9.17) is 4.74 Å². The number of hydrogen-bond acceptors (Lipinski definition) is 3. The first-order chi connectivity index (χ1) is 6.34. The average Bonchev–Trinajstić information content (AvgIpc) is 2.49. The van der Waals surface area contributed by atoms with E-state index < -0.39 is 0 Å². The van der Waals surface area contributed by atoms with E-state index in [0.29, 0.717) is 19.6 Å². The Labute approximate surface area is 80.7 Å². The summed E-state index contributed by atoms with van der Waals surface area (Å²) in [4.78, 5) is 11.4. The molecule has 1 N–H and O–H groups in total. The van der Waals surface area contributed by atoms with Gasteiger partial charge in [-0.05, 0) is 22.4 Å². The number of hydrogen-bond donors (Lipinski definition) is 1. The smallest absolute Gasteiger partial charge is 0.224 e. The fourth-order valence-electron chi connectivity index (χ4n) is 1.18. The van der Waals surface area contributed by atoms with Gasteiger partial charge in [0, 0.05) is 0 Å². The van der Waals surface area contributed by atoms with E-state index in [2.05, 4.69) is 5.32 Å². The van der Waals surface area contributed by atoms with Crippen molar-refractivity contribution in [2.45, 2.75) is 12.5 Å². The quantitative estimate of drug-likeness (QED) is 0.778. The van der Waals surface area contributed by atoms with Crippen molar-refractivity contribution in [1.82, 2.24) is 5.32 Å². The molecule has 1 fully saturated rings. The summed E-state index contributed by atoms with van der Waals surface area (Å²) in [6.07, 6.45) is 0.486. The lowest BCUT2D eigenvalue weighted by atomic mass is 10.2. The molecule has 0 aliphatic carbocycles. The van der Waals surface area contributed by atoms with Crippen LogP contribution in [-0.4, -0.2) is 25.2 Å². The minimum absolute atomic E-state index is 0.0895. The molecule has 0 bridgehead atoms. The van der Waals surface area contributed by atoms with Crippen LogP contribution in [0.3, 0.4) is 0 Å². The zero-order valence-corrected chi connectivity index (χ0v) is 7.97. The Hall–Kier alpha value is -0.870. The van der Waals surface area contributed by atoms with Crippen LogP contribution < -0.4 is 5.32 Å². The van der Waals surface area contributed by atoms with Gasteiger partial charge in [-0.3, -0.25) is 4.79 Å². The highest BCUT2D eigenvalue weighted by Gasteiger charge is 2.20. The summed E-state index contributed by atoms with van der Waals surface area (Å²) >= 11 is 1.62. The van der Waals surface area contributed by atoms with Gasteiger partial charge in [0.25, 0.3) is 0 Å². The van der Waals surface area contributed by atoms with E-state index in [-0.39, 0.29) is 11.9 Å². The van der Waals surface area contributed by atoms with E-state index in [1.54, 1.807) is 11.3 Å². The first kappa shape index (κ1) is 8.72. The minimum atomic E-state index is 0.0895. The van der Waals surface area contributed by atoms with Crippen molar-refractivity contribution < 1.29 is 9.53 Å². The first-order valence-electron chi connectivity index (χ1n) is 4.23. The minimum Gasteiger partial charge on any atom is -0.377 e. The Morgan fingerprint density at radius 2 is 2.54 bits per heavy atom. The van der Waals surface area contributed by atoms with Gasteiger partial charge in [-0.25, -0.2) is 0 Å². The molecule has 1 saturated heterocycles. The summed E-state index contributed by atoms with van der Waals surface area (Å²) < 4.78 is 4.96. The Morgan fingerprint density at radius 3 is 3.08 bits per heavy atom. The SMILES string of the molecule is O=C(Cc1ccsc1)NC1COC1. The summed E-state index contributed by atoms with van der Waals surface area (Å²) in [6.45, 7) is 1.32. The summed E-state index contributed by atoms with van der Waals surface area (Å²) in [5, 5.41) is 6.87. The molecular formula is C9H11NO2S. The van der Waals surface area contributed by atoms with Crippen molar-refractivity contribution in [2.75, 3.05) is 13.2 Å². The Morgan fingerprint density at radius 1 is 1.69 bits per heavy atom. The molecule has 1 aliphatic rings. The van der Waals surface area contributed by atoms with Crippen molar-refractivity contribution in [2.24, 2.45) is 0 Å². The Balaban J connectivity index is 1.78. The van der Waals surface area contributed by atoms with Crippen LogP contribution in [0.5, 0.6) is 0 Å². The molecule has 0 unspecified atom stereocenters. The van der Waals surface area contributed by atoms with Gasteiger partial charge in [0.15, 0.2) is 0 Å². The summed E-state index contributed by atoms with van der Waals surface area (Å²) in [7, 11) is 0. The van der Waals surface area contributed by atoms with Crippen LogP contribution >= 0.6 is 11.3 Å². The number of thiophene rings is 1. The molecule has 1 aromatic rings. The topological polar surface area (TPSA) is 38.3 Å². The van der Waals surface area contributed by atoms with Gasteiger partial charge in [0.1, 0.15) is 0 Å². The maximum atomic E-state index is 11.4. The lowest BCUT2D eigenvalue weighted by molar-refractivity contribution is -0.124. The summed E-state index contributed by atoms with van der Waals surface area (Å²) in [5.41, 5.74) is 1.09. The van der Waals surface area contributed by atoms with Gasteiger partial charge in [0.2, 0.25) is 5.91 Å². The molecule has 0 aromatic carbocycles. The third kappa shape index (κ3) is 2.29. The maximum Gasteiger partial charge on any atom is 0.224 e. The van der Waals surface area contributed by atoms with Crippen LogP contribution in [0.25, 0.3) is 0 Å². The van der Waals surface area contributed by atoms with Crippen LogP contribution in [-0.2, 0) is 16.0 Å². The Bertz CT molecular complexity index is 280. The molecule has 2 heterocycles. The second-order valence-electron chi connectivity index (χ2n) is 3.11. The van der Waals surface area contributed by atoms with E-state index in [0.717, 1.165) is 5.56 Å². The standard InChI is InChI=1S/C9H11NO2S/c11-9(10-8-4-12-5-8)3-7-1-2-13-6-7/h1-2,6,8H,3-5H2,(H,10,11). The van der Waals surface area contributed by atoms with E-state index >= 15 is 0 Å². The zero-order chi connectivity index (χ0) is 9.10. The summed E-state index contributed by atoms with van der Waals surface area (Å²) in [6, 6.07) is 2.22. The number of carbonyl (C=O) groups excluding carboxylic acids is 1. The van der Waals surface area contributed by atoms with Gasteiger partial charge in [0.05, 0.1) is 25.7 Å². The van der Waals surface area contributed by atoms with Crippen LogP contribution in [0.4, 0.5) is 0 Å². The first-order valence-corrected chi connectivity index (χ1v) is 5.17. The van der Waals surface area contributed by atoms with E-state index in [9.17, 15) is 4.79 Å². The fraction of sp³-hybridized carbons (Fsp3) is 0.444.